The summed E-state index contributed by atoms with van der Waals surface area (Å²) in [6, 6.07) is 4.24. The predicted octanol–water partition coefficient (Wildman–Crippen LogP) is 0.789. The second kappa shape index (κ2) is 3.87. The summed E-state index contributed by atoms with van der Waals surface area (Å²) in [5.74, 6) is 0.101. The topological polar surface area (TPSA) is 45.2 Å². The number of hydrogen-bond donors (Lipinski definition) is 1. The molecule has 0 aromatic carbocycles. The number of carbonyl (C=O) groups excluding carboxylic acids is 1. The highest BCUT2D eigenvalue weighted by molar-refractivity contribution is 5.96. The number of nitrogens with one attached hydrogen (secondary N) is 1. The summed E-state index contributed by atoms with van der Waals surface area (Å²) in [6.45, 7) is 2.72. The van der Waals surface area contributed by atoms with Gasteiger partial charge in [-0.25, -0.2) is 0 Å². The van der Waals surface area contributed by atoms with E-state index in [0.717, 1.165) is 38.0 Å². The molecule has 1 fully saturated rings. The molecule has 84 valence electrons. The standard InChI is InChI=1S/C12H15N3O/c16-12-11-9(3-1-6-14-11)8-15(12)10-4-2-5-13-7-10/h1,3,6,10,13H,2,4-5,7-8H2/t10-/m0/s1. The van der Waals surface area contributed by atoms with Crippen molar-refractivity contribution < 1.29 is 4.79 Å². The monoisotopic (exact) mass is 217 g/mol. The molecule has 2 aliphatic rings. The molecule has 1 saturated heterocycles. The summed E-state index contributed by atoms with van der Waals surface area (Å²) in [6.07, 6.45) is 3.95. The van der Waals surface area contributed by atoms with Gasteiger partial charge in [0.15, 0.2) is 0 Å². The summed E-state index contributed by atoms with van der Waals surface area (Å²) >= 11 is 0. The third kappa shape index (κ3) is 1.50. The fourth-order valence-electron chi connectivity index (χ4n) is 2.54. The maximum absolute atomic E-state index is 12.1. The van der Waals surface area contributed by atoms with Crippen molar-refractivity contribution in [2.75, 3.05) is 13.1 Å². The van der Waals surface area contributed by atoms with Crippen LogP contribution in [0.3, 0.4) is 0 Å². The number of carbonyl (C=O) groups is 1. The van der Waals surface area contributed by atoms with E-state index in [1.54, 1.807) is 6.20 Å². The number of pyridine rings is 1. The Balaban J connectivity index is 1.83. The van der Waals surface area contributed by atoms with E-state index in [1.807, 2.05) is 17.0 Å². The van der Waals surface area contributed by atoms with Crippen molar-refractivity contribution >= 4 is 5.91 Å². The molecule has 1 amide bonds. The number of hydrogen-bond acceptors (Lipinski definition) is 3. The fourth-order valence-corrected chi connectivity index (χ4v) is 2.54. The molecule has 2 aliphatic heterocycles. The van der Waals surface area contributed by atoms with Crippen LogP contribution in [0.5, 0.6) is 0 Å². The molecule has 1 atom stereocenters. The molecule has 0 radical (unpaired) electrons. The van der Waals surface area contributed by atoms with Gasteiger partial charge in [-0.1, -0.05) is 6.07 Å². The Morgan fingerprint density at radius 3 is 3.19 bits per heavy atom. The van der Waals surface area contributed by atoms with E-state index in [0.29, 0.717) is 11.7 Å². The van der Waals surface area contributed by atoms with Gasteiger partial charge in [-0.15, -0.1) is 0 Å². The van der Waals surface area contributed by atoms with Gasteiger partial charge in [-0.3, -0.25) is 9.78 Å². The van der Waals surface area contributed by atoms with Crippen LogP contribution in [-0.4, -0.2) is 34.9 Å². The van der Waals surface area contributed by atoms with Gasteiger partial charge in [0.05, 0.1) is 0 Å². The first-order chi connectivity index (χ1) is 7.86. The predicted molar refractivity (Wildman–Crippen MR) is 60.0 cm³/mol. The Bertz CT molecular complexity index is 412. The van der Waals surface area contributed by atoms with Gasteiger partial charge >= 0.3 is 0 Å². The maximum Gasteiger partial charge on any atom is 0.273 e. The van der Waals surface area contributed by atoms with Gasteiger partial charge in [0.1, 0.15) is 5.69 Å². The van der Waals surface area contributed by atoms with E-state index in [-0.39, 0.29) is 5.91 Å². The molecule has 16 heavy (non-hydrogen) atoms. The van der Waals surface area contributed by atoms with Gasteiger partial charge in [0, 0.05) is 30.9 Å². The smallest absolute Gasteiger partial charge is 0.273 e. The molecular formula is C12H15N3O. The Kier molecular flexibility index (Phi) is 2.36. The number of fused-ring (bicyclic) bond motifs is 1. The molecule has 0 aliphatic carbocycles. The van der Waals surface area contributed by atoms with E-state index < -0.39 is 0 Å². The van der Waals surface area contributed by atoms with Gasteiger partial charge < -0.3 is 10.2 Å². The molecule has 4 heteroatoms. The van der Waals surface area contributed by atoms with Crippen LogP contribution in [0, 0.1) is 0 Å². The first kappa shape index (κ1) is 9.78. The number of amides is 1. The highest BCUT2D eigenvalue weighted by Crippen LogP contribution is 2.24. The molecule has 0 unspecified atom stereocenters. The van der Waals surface area contributed by atoms with Crippen LogP contribution < -0.4 is 5.32 Å². The lowest BCUT2D eigenvalue weighted by Crippen LogP contribution is -2.46. The van der Waals surface area contributed by atoms with Gasteiger partial charge in [-0.2, -0.15) is 0 Å². The molecule has 1 aromatic rings. The first-order valence-electron chi connectivity index (χ1n) is 5.82. The fraction of sp³-hybridized carbons (Fsp3) is 0.500. The highest BCUT2D eigenvalue weighted by atomic mass is 16.2. The van der Waals surface area contributed by atoms with Crippen molar-refractivity contribution in [3.05, 3.63) is 29.6 Å². The van der Waals surface area contributed by atoms with Crippen LogP contribution in [0.4, 0.5) is 0 Å². The molecule has 1 aromatic heterocycles. The van der Waals surface area contributed by atoms with Crippen LogP contribution in [0.25, 0.3) is 0 Å². The van der Waals surface area contributed by atoms with Crippen LogP contribution in [0.2, 0.25) is 0 Å². The summed E-state index contributed by atoms with van der Waals surface area (Å²) < 4.78 is 0. The van der Waals surface area contributed by atoms with Crippen molar-refractivity contribution in [3.8, 4) is 0 Å². The normalized spacial score (nSPS) is 24.6. The molecule has 3 heterocycles. The molecule has 4 nitrogen and oxygen atoms in total. The highest BCUT2D eigenvalue weighted by Gasteiger charge is 2.33. The van der Waals surface area contributed by atoms with Crippen molar-refractivity contribution in [3.63, 3.8) is 0 Å². The number of rotatable bonds is 1. The number of aromatic nitrogens is 1. The third-order valence-corrected chi connectivity index (χ3v) is 3.41. The first-order valence-corrected chi connectivity index (χ1v) is 5.82. The van der Waals surface area contributed by atoms with Crippen molar-refractivity contribution in [1.82, 2.24) is 15.2 Å². The zero-order valence-electron chi connectivity index (χ0n) is 9.15. The number of nitrogens with zero attached hydrogens (tertiary/aromatic N) is 2. The second-order valence-corrected chi connectivity index (χ2v) is 4.44. The summed E-state index contributed by atoms with van der Waals surface area (Å²) in [5.41, 5.74) is 1.71. The van der Waals surface area contributed by atoms with E-state index >= 15 is 0 Å². The molecule has 0 saturated carbocycles. The Hall–Kier alpha value is -1.42. The second-order valence-electron chi connectivity index (χ2n) is 4.44. The third-order valence-electron chi connectivity index (χ3n) is 3.41. The van der Waals surface area contributed by atoms with Gasteiger partial charge in [0.2, 0.25) is 0 Å². The zero-order chi connectivity index (χ0) is 11.0. The van der Waals surface area contributed by atoms with E-state index in [4.69, 9.17) is 0 Å². The Morgan fingerprint density at radius 2 is 2.44 bits per heavy atom. The molecule has 0 spiro atoms. The Morgan fingerprint density at radius 1 is 1.50 bits per heavy atom. The van der Waals surface area contributed by atoms with Crippen LogP contribution in [-0.2, 0) is 6.54 Å². The van der Waals surface area contributed by atoms with Crippen LogP contribution >= 0.6 is 0 Å². The van der Waals surface area contributed by atoms with Gasteiger partial charge in [-0.05, 0) is 25.5 Å². The minimum Gasteiger partial charge on any atom is -0.329 e. The quantitative estimate of drug-likeness (QED) is 0.756. The van der Waals surface area contributed by atoms with Crippen LogP contribution in [0.1, 0.15) is 28.9 Å². The SMILES string of the molecule is O=C1c2ncccc2CN1[C@H]1CCCNC1. The lowest BCUT2D eigenvalue weighted by Gasteiger charge is -2.31. The molecule has 1 N–H and O–H groups in total. The van der Waals surface area contributed by atoms with Crippen LogP contribution in [0.15, 0.2) is 18.3 Å². The molecule has 3 rings (SSSR count). The Labute approximate surface area is 94.7 Å². The maximum atomic E-state index is 12.1. The summed E-state index contributed by atoms with van der Waals surface area (Å²) in [4.78, 5) is 18.3. The zero-order valence-corrected chi connectivity index (χ0v) is 9.15. The minimum absolute atomic E-state index is 0.101. The molecular weight excluding hydrogens is 202 g/mol. The van der Waals surface area contributed by atoms with Crippen molar-refractivity contribution in [1.29, 1.82) is 0 Å². The number of piperidine rings is 1. The van der Waals surface area contributed by atoms with Crippen molar-refractivity contribution in [2.45, 2.75) is 25.4 Å². The van der Waals surface area contributed by atoms with Gasteiger partial charge in [0.25, 0.3) is 5.91 Å². The average Bonchev–Trinajstić information content (AvgIpc) is 2.69. The van der Waals surface area contributed by atoms with E-state index in [1.165, 1.54) is 0 Å². The summed E-state index contributed by atoms with van der Waals surface area (Å²) in [7, 11) is 0. The largest absolute Gasteiger partial charge is 0.329 e. The van der Waals surface area contributed by atoms with E-state index in [9.17, 15) is 4.79 Å². The lowest BCUT2D eigenvalue weighted by molar-refractivity contribution is 0.0670. The average molecular weight is 217 g/mol. The molecule has 0 bridgehead atoms. The minimum atomic E-state index is 0.101. The lowest BCUT2D eigenvalue weighted by atomic mass is 10.1. The van der Waals surface area contributed by atoms with E-state index in [2.05, 4.69) is 10.3 Å². The van der Waals surface area contributed by atoms with Crippen molar-refractivity contribution in [2.24, 2.45) is 0 Å². The summed E-state index contributed by atoms with van der Waals surface area (Å²) in [5, 5.41) is 3.34.